The molecule has 1 amide bonds. The van der Waals surface area contributed by atoms with Gasteiger partial charge in [-0.15, -0.1) is 0 Å². The van der Waals surface area contributed by atoms with Crippen molar-refractivity contribution in [3.8, 4) is 5.75 Å². The van der Waals surface area contributed by atoms with Crippen molar-refractivity contribution in [2.45, 2.75) is 5.92 Å². The number of rotatable bonds is 8. The van der Waals surface area contributed by atoms with E-state index in [9.17, 15) is 4.79 Å². The molecule has 0 aliphatic heterocycles. The van der Waals surface area contributed by atoms with Crippen molar-refractivity contribution in [2.75, 3.05) is 27.2 Å². The number of ether oxygens (including phenoxy) is 1. The van der Waals surface area contributed by atoms with Crippen molar-refractivity contribution in [3.05, 3.63) is 92.2 Å². The lowest BCUT2D eigenvalue weighted by Gasteiger charge is -2.24. The van der Waals surface area contributed by atoms with E-state index in [1.165, 1.54) is 0 Å². The summed E-state index contributed by atoms with van der Waals surface area (Å²) in [4.78, 5) is 18.1. The average Bonchev–Trinajstić information content (AvgIpc) is 2.71. The first-order valence-corrected chi connectivity index (χ1v) is 10.7. The van der Waals surface area contributed by atoms with E-state index in [4.69, 9.17) is 45.3 Å². The second-order valence-electron chi connectivity index (χ2n) is 7.25. The highest BCUT2D eigenvalue weighted by Gasteiger charge is 2.26. The number of nitrogens with zero attached hydrogens (tertiary/aromatic N) is 2. The molecule has 0 bridgehead atoms. The number of hydrogen-bond donors (Lipinski definition) is 1. The molecule has 0 aliphatic rings. The number of nitrogens with two attached hydrogens (primary N) is 1. The molecule has 5 nitrogen and oxygen atoms in total. The minimum atomic E-state index is -0.549. The van der Waals surface area contributed by atoms with Crippen LogP contribution in [0.15, 0.2) is 54.7 Å². The summed E-state index contributed by atoms with van der Waals surface area (Å²) in [7, 11) is 3.96. The Balaban J connectivity index is 2.20. The van der Waals surface area contributed by atoms with Gasteiger partial charge in [0.05, 0.1) is 0 Å². The smallest absolute Gasteiger partial charge is 0.248 e. The Kier molecular flexibility index (Phi) is 7.79. The molecule has 31 heavy (non-hydrogen) atoms. The number of aromatic nitrogens is 1. The lowest BCUT2D eigenvalue weighted by atomic mass is 9.84. The highest BCUT2D eigenvalue weighted by Crippen LogP contribution is 2.42. The van der Waals surface area contributed by atoms with E-state index >= 15 is 0 Å². The second-order valence-corrected chi connectivity index (χ2v) is 8.45. The quantitative estimate of drug-likeness (QED) is 0.448. The van der Waals surface area contributed by atoms with Gasteiger partial charge in [0.2, 0.25) is 5.91 Å². The maximum atomic E-state index is 11.8. The van der Waals surface area contributed by atoms with E-state index in [-0.39, 0.29) is 5.15 Å². The van der Waals surface area contributed by atoms with Gasteiger partial charge in [-0.25, -0.2) is 4.98 Å². The minimum Gasteiger partial charge on any atom is -0.492 e. The van der Waals surface area contributed by atoms with Crippen LogP contribution < -0.4 is 10.5 Å². The van der Waals surface area contributed by atoms with Gasteiger partial charge in [-0.3, -0.25) is 4.79 Å². The van der Waals surface area contributed by atoms with Crippen LogP contribution in [-0.2, 0) is 0 Å². The van der Waals surface area contributed by atoms with E-state index in [1.54, 1.807) is 30.5 Å². The number of halogens is 3. The fourth-order valence-corrected chi connectivity index (χ4v) is 3.94. The van der Waals surface area contributed by atoms with Crippen LogP contribution in [0.2, 0.25) is 15.2 Å². The molecular formula is C23H22Cl3N3O2. The van der Waals surface area contributed by atoms with Gasteiger partial charge in [0.25, 0.3) is 0 Å². The molecule has 2 aromatic carbocycles. The molecule has 0 aliphatic carbocycles. The summed E-state index contributed by atoms with van der Waals surface area (Å²) in [6, 6.07) is 14.1. The van der Waals surface area contributed by atoms with Crippen LogP contribution in [-0.4, -0.2) is 43.0 Å². The van der Waals surface area contributed by atoms with Crippen molar-refractivity contribution in [1.29, 1.82) is 0 Å². The normalized spacial score (nSPS) is 12.1. The molecule has 162 valence electrons. The van der Waals surface area contributed by atoms with Gasteiger partial charge < -0.3 is 15.4 Å². The SMILES string of the molecule is CN(C)CCOc1ccccc1C(c1cnc(Cl)cc1Cl)c1cc(C(N)=O)ccc1Cl. The Morgan fingerprint density at radius 3 is 2.45 bits per heavy atom. The number of hydrogen-bond acceptors (Lipinski definition) is 4. The Morgan fingerprint density at radius 1 is 1.03 bits per heavy atom. The number of carbonyl (C=O) groups is 1. The molecule has 0 spiro atoms. The highest BCUT2D eigenvalue weighted by atomic mass is 35.5. The Bertz CT molecular complexity index is 1090. The van der Waals surface area contributed by atoms with Crippen LogP contribution in [0.5, 0.6) is 5.75 Å². The molecule has 3 aromatic rings. The van der Waals surface area contributed by atoms with Gasteiger partial charge in [-0.05, 0) is 50.0 Å². The maximum Gasteiger partial charge on any atom is 0.248 e. The van der Waals surface area contributed by atoms with Crippen molar-refractivity contribution in [1.82, 2.24) is 9.88 Å². The Labute approximate surface area is 196 Å². The number of pyridine rings is 1. The van der Waals surface area contributed by atoms with Crippen molar-refractivity contribution in [2.24, 2.45) is 5.73 Å². The van der Waals surface area contributed by atoms with Crippen molar-refractivity contribution >= 4 is 40.7 Å². The molecule has 3 rings (SSSR count). The molecule has 1 heterocycles. The summed E-state index contributed by atoms with van der Waals surface area (Å²) in [5, 5.41) is 1.16. The fourth-order valence-electron chi connectivity index (χ4n) is 3.24. The average molecular weight is 479 g/mol. The number of benzene rings is 2. The summed E-state index contributed by atoms with van der Waals surface area (Å²) < 4.78 is 6.09. The zero-order valence-corrected chi connectivity index (χ0v) is 19.4. The summed E-state index contributed by atoms with van der Waals surface area (Å²) in [6.07, 6.45) is 1.61. The molecule has 1 atom stereocenters. The first-order valence-electron chi connectivity index (χ1n) is 9.54. The zero-order valence-electron chi connectivity index (χ0n) is 17.1. The van der Waals surface area contributed by atoms with Crippen LogP contribution in [0.3, 0.4) is 0 Å². The minimum absolute atomic E-state index is 0.278. The molecule has 1 aromatic heterocycles. The second kappa shape index (κ2) is 10.3. The molecule has 0 fully saturated rings. The largest absolute Gasteiger partial charge is 0.492 e. The van der Waals surface area contributed by atoms with Crippen LogP contribution in [0.4, 0.5) is 0 Å². The number of amides is 1. The Hall–Kier alpha value is -2.31. The van der Waals surface area contributed by atoms with Crippen molar-refractivity contribution in [3.63, 3.8) is 0 Å². The van der Waals surface area contributed by atoms with Gasteiger partial charge >= 0.3 is 0 Å². The van der Waals surface area contributed by atoms with Crippen LogP contribution in [0.1, 0.15) is 33.0 Å². The summed E-state index contributed by atoms with van der Waals surface area (Å²) in [6.45, 7) is 1.25. The van der Waals surface area contributed by atoms with E-state index in [0.29, 0.717) is 39.1 Å². The molecule has 0 radical (unpaired) electrons. The number of primary amides is 1. The van der Waals surface area contributed by atoms with E-state index in [2.05, 4.69) is 4.98 Å². The summed E-state index contributed by atoms with van der Waals surface area (Å²) in [5.41, 5.74) is 8.03. The lowest BCUT2D eigenvalue weighted by Crippen LogP contribution is -2.20. The fraction of sp³-hybridized carbons (Fsp3) is 0.217. The molecule has 0 saturated carbocycles. The predicted octanol–water partition coefficient (Wildman–Crippen LogP) is 5.26. The predicted molar refractivity (Wildman–Crippen MR) is 126 cm³/mol. The third kappa shape index (κ3) is 5.69. The Morgan fingerprint density at radius 2 is 1.77 bits per heavy atom. The first-order chi connectivity index (χ1) is 14.8. The molecular weight excluding hydrogens is 457 g/mol. The van der Waals surface area contributed by atoms with Gasteiger partial charge in [-0.1, -0.05) is 53.0 Å². The standard InChI is InChI=1S/C23H22Cl3N3O2/c1-29(2)9-10-31-20-6-4-3-5-15(20)22(17-13-28-21(26)12-19(17)25)16-11-14(23(27)30)7-8-18(16)24/h3-8,11-13,22H,9-10H2,1-2H3,(H2,27,30). The summed E-state index contributed by atoms with van der Waals surface area (Å²) >= 11 is 19.2. The van der Waals surface area contributed by atoms with Crippen LogP contribution in [0, 0.1) is 0 Å². The van der Waals surface area contributed by atoms with Crippen LogP contribution >= 0.6 is 34.8 Å². The maximum absolute atomic E-state index is 11.8. The molecule has 0 saturated heterocycles. The van der Waals surface area contributed by atoms with Gasteiger partial charge in [0.15, 0.2) is 0 Å². The third-order valence-corrected chi connectivity index (χ3v) is 5.66. The lowest BCUT2D eigenvalue weighted by molar-refractivity contribution is 0.1000. The first kappa shape index (κ1) is 23.4. The third-order valence-electron chi connectivity index (χ3n) is 4.78. The van der Waals surface area contributed by atoms with Gasteiger partial charge in [0.1, 0.15) is 17.5 Å². The van der Waals surface area contributed by atoms with Crippen LogP contribution in [0.25, 0.3) is 0 Å². The number of carbonyl (C=O) groups excluding carboxylic acids is 1. The van der Waals surface area contributed by atoms with Crippen molar-refractivity contribution < 1.29 is 9.53 Å². The van der Waals surface area contributed by atoms with Gasteiger partial charge in [0, 0.05) is 45.4 Å². The molecule has 2 N–H and O–H groups in total. The zero-order chi connectivity index (χ0) is 22.5. The topological polar surface area (TPSA) is 68.4 Å². The monoisotopic (exact) mass is 477 g/mol. The molecule has 8 heteroatoms. The highest BCUT2D eigenvalue weighted by molar-refractivity contribution is 6.34. The number of para-hydroxylation sites is 1. The summed E-state index contributed by atoms with van der Waals surface area (Å²) in [5.74, 6) is -0.326. The van der Waals surface area contributed by atoms with E-state index in [0.717, 1.165) is 12.1 Å². The molecule has 1 unspecified atom stereocenters. The van der Waals surface area contributed by atoms with E-state index in [1.807, 2.05) is 43.3 Å². The van der Waals surface area contributed by atoms with Gasteiger partial charge in [-0.2, -0.15) is 0 Å². The number of likely N-dealkylation sites (N-methyl/N-ethyl adjacent to an activating group) is 1. The van der Waals surface area contributed by atoms with E-state index < -0.39 is 11.8 Å².